The van der Waals surface area contributed by atoms with E-state index in [-0.39, 0.29) is 6.42 Å². The summed E-state index contributed by atoms with van der Waals surface area (Å²) in [5.74, 6) is -4.22. The maximum atomic E-state index is 13.8. The number of anilines is 2. The second-order valence-electron chi connectivity index (χ2n) is 9.41. The fraction of sp³-hybridized carbons (Fsp3) is 0.276. The molecule has 9 heteroatoms. The maximum absolute atomic E-state index is 13.8. The number of carbonyl (C=O) groups is 3. The first-order valence-corrected chi connectivity index (χ1v) is 12.4. The quantitative estimate of drug-likeness (QED) is 0.378. The molecule has 0 aromatic heterocycles. The van der Waals surface area contributed by atoms with Gasteiger partial charge in [0.05, 0.1) is 37.1 Å². The highest BCUT2D eigenvalue weighted by atomic mass is 35.5. The van der Waals surface area contributed by atoms with Crippen LogP contribution in [0.25, 0.3) is 0 Å². The first-order valence-electron chi connectivity index (χ1n) is 12.0. The van der Waals surface area contributed by atoms with Crippen molar-refractivity contribution in [3.05, 3.63) is 83.4 Å². The highest BCUT2D eigenvalue weighted by Crippen LogP contribution is 2.47. The van der Waals surface area contributed by atoms with Crippen molar-refractivity contribution < 1.29 is 29.0 Å². The van der Waals surface area contributed by atoms with E-state index in [9.17, 15) is 19.5 Å². The number of amides is 2. The van der Waals surface area contributed by atoms with Crippen LogP contribution in [0.15, 0.2) is 72.8 Å². The van der Waals surface area contributed by atoms with Crippen molar-refractivity contribution in [2.24, 2.45) is 11.8 Å². The van der Waals surface area contributed by atoms with Crippen LogP contribution in [0, 0.1) is 11.8 Å². The predicted octanol–water partition coefficient (Wildman–Crippen LogP) is 4.67. The van der Waals surface area contributed by atoms with Crippen LogP contribution in [0.3, 0.4) is 0 Å². The molecule has 0 radical (unpaired) electrons. The van der Waals surface area contributed by atoms with Crippen LogP contribution in [-0.4, -0.2) is 42.5 Å². The number of hydrogen-bond donors (Lipinski definition) is 3. The number of methoxy groups -OCH3 is 2. The van der Waals surface area contributed by atoms with Gasteiger partial charge in [-0.15, -0.1) is 0 Å². The number of nitrogens with one attached hydrogen (secondary N) is 2. The normalized spacial score (nSPS) is 22.9. The summed E-state index contributed by atoms with van der Waals surface area (Å²) in [6.07, 6.45) is -0.384. The predicted molar refractivity (Wildman–Crippen MR) is 145 cm³/mol. The number of carbonyl (C=O) groups excluding carboxylic acids is 3. The second-order valence-corrected chi connectivity index (χ2v) is 9.85. The third-order valence-corrected chi connectivity index (χ3v) is 7.07. The number of aliphatic hydroxyl groups is 1. The number of hydrogen-bond acceptors (Lipinski definition) is 6. The van der Waals surface area contributed by atoms with Gasteiger partial charge in [-0.1, -0.05) is 48.0 Å². The summed E-state index contributed by atoms with van der Waals surface area (Å²) in [5.41, 5.74) is -0.440. The standard InChI is InChI=1S/C29H29ClN2O6/c1-29(36)16-21(33)25(27(34)31-19-8-4-6-10-22(19)37-2)24(17-12-14-18(30)15-13-17)26(29)28(35)32-20-9-5-7-11-23(20)38-3/h4-15,24-26,36H,16H2,1-3H3,(H,31,34)(H,32,35)/t24-,25-,26+,29-/m0/s1. The molecule has 1 fully saturated rings. The zero-order valence-electron chi connectivity index (χ0n) is 21.2. The summed E-state index contributed by atoms with van der Waals surface area (Å²) in [5, 5.41) is 17.5. The summed E-state index contributed by atoms with van der Waals surface area (Å²) >= 11 is 6.11. The summed E-state index contributed by atoms with van der Waals surface area (Å²) < 4.78 is 10.7. The molecule has 3 N–H and O–H groups in total. The summed E-state index contributed by atoms with van der Waals surface area (Å²) in [6, 6.07) is 20.2. The van der Waals surface area contributed by atoms with Gasteiger partial charge in [0.2, 0.25) is 11.8 Å². The van der Waals surface area contributed by atoms with Gasteiger partial charge in [0.15, 0.2) is 0 Å². The number of Topliss-reactive ketones (excluding diaryl/α,β-unsaturated/α-hetero) is 1. The number of benzene rings is 3. The minimum Gasteiger partial charge on any atom is -0.495 e. The van der Waals surface area contributed by atoms with E-state index in [4.69, 9.17) is 21.1 Å². The molecule has 1 saturated carbocycles. The molecule has 0 heterocycles. The first kappa shape index (κ1) is 27.2. The van der Waals surface area contributed by atoms with Crippen molar-refractivity contribution in [2.45, 2.75) is 24.9 Å². The van der Waals surface area contributed by atoms with Crippen LogP contribution in [0.1, 0.15) is 24.8 Å². The molecule has 0 saturated heterocycles. The molecule has 4 rings (SSSR count). The Labute approximate surface area is 225 Å². The van der Waals surface area contributed by atoms with E-state index in [1.165, 1.54) is 21.1 Å². The lowest BCUT2D eigenvalue weighted by atomic mass is 9.61. The van der Waals surface area contributed by atoms with E-state index >= 15 is 0 Å². The molecule has 1 aliphatic carbocycles. The van der Waals surface area contributed by atoms with E-state index in [2.05, 4.69) is 10.6 Å². The Morgan fingerprint density at radius 3 is 1.89 bits per heavy atom. The molecule has 4 atom stereocenters. The molecule has 1 aliphatic rings. The molecule has 0 bridgehead atoms. The van der Waals surface area contributed by atoms with Crippen molar-refractivity contribution in [2.75, 3.05) is 24.9 Å². The minimum atomic E-state index is -1.74. The Morgan fingerprint density at radius 1 is 0.868 bits per heavy atom. The fourth-order valence-electron chi connectivity index (χ4n) is 5.09. The zero-order chi connectivity index (χ0) is 27.4. The molecular weight excluding hydrogens is 508 g/mol. The molecule has 3 aromatic rings. The number of ether oxygens (including phenoxy) is 2. The Bertz CT molecular complexity index is 1340. The van der Waals surface area contributed by atoms with E-state index in [1.807, 2.05) is 0 Å². The molecule has 38 heavy (non-hydrogen) atoms. The van der Waals surface area contributed by atoms with Gasteiger partial charge in [0.1, 0.15) is 23.2 Å². The van der Waals surface area contributed by atoms with Gasteiger partial charge in [-0.25, -0.2) is 0 Å². The van der Waals surface area contributed by atoms with Gasteiger partial charge in [-0.05, 0) is 48.9 Å². The fourth-order valence-corrected chi connectivity index (χ4v) is 5.22. The topological polar surface area (TPSA) is 114 Å². The van der Waals surface area contributed by atoms with Crippen molar-refractivity contribution in [3.8, 4) is 11.5 Å². The second kappa shape index (κ2) is 11.2. The lowest BCUT2D eigenvalue weighted by molar-refractivity contribution is -0.150. The van der Waals surface area contributed by atoms with Crippen LogP contribution in [0.4, 0.5) is 11.4 Å². The number of rotatable bonds is 7. The molecule has 0 spiro atoms. The number of para-hydroxylation sites is 4. The van der Waals surface area contributed by atoms with Gasteiger partial charge in [-0.2, -0.15) is 0 Å². The van der Waals surface area contributed by atoms with Gasteiger partial charge in [-0.3, -0.25) is 14.4 Å². The van der Waals surface area contributed by atoms with Crippen LogP contribution in [0.2, 0.25) is 5.02 Å². The molecule has 8 nitrogen and oxygen atoms in total. The average molecular weight is 537 g/mol. The first-order chi connectivity index (χ1) is 18.2. The number of halogens is 1. The molecular formula is C29H29ClN2O6. The smallest absolute Gasteiger partial charge is 0.235 e. The highest BCUT2D eigenvalue weighted by molar-refractivity contribution is 6.30. The maximum Gasteiger partial charge on any atom is 0.235 e. The van der Waals surface area contributed by atoms with Crippen LogP contribution in [-0.2, 0) is 14.4 Å². The van der Waals surface area contributed by atoms with Crippen molar-refractivity contribution in [1.29, 1.82) is 0 Å². The monoisotopic (exact) mass is 536 g/mol. The minimum absolute atomic E-state index is 0.384. The zero-order valence-corrected chi connectivity index (χ0v) is 22.0. The van der Waals surface area contributed by atoms with Gasteiger partial charge >= 0.3 is 0 Å². The van der Waals surface area contributed by atoms with Crippen LogP contribution in [0.5, 0.6) is 11.5 Å². The van der Waals surface area contributed by atoms with E-state index in [0.29, 0.717) is 33.5 Å². The summed E-state index contributed by atoms with van der Waals surface area (Å²) in [4.78, 5) is 41.0. The average Bonchev–Trinajstić information content (AvgIpc) is 2.88. The molecule has 0 unspecified atom stereocenters. The van der Waals surface area contributed by atoms with Crippen molar-refractivity contribution >= 4 is 40.6 Å². The lowest BCUT2D eigenvalue weighted by Crippen LogP contribution is -2.56. The summed E-state index contributed by atoms with van der Waals surface area (Å²) in [6.45, 7) is 1.44. The Balaban J connectivity index is 1.78. The summed E-state index contributed by atoms with van der Waals surface area (Å²) in [7, 11) is 2.96. The largest absolute Gasteiger partial charge is 0.495 e. The Morgan fingerprint density at radius 2 is 1.37 bits per heavy atom. The number of ketones is 1. The van der Waals surface area contributed by atoms with Gasteiger partial charge < -0.3 is 25.2 Å². The van der Waals surface area contributed by atoms with Crippen molar-refractivity contribution in [1.82, 2.24) is 0 Å². The molecule has 198 valence electrons. The Hall–Kier alpha value is -3.88. The van der Waals surface area contributed by atoms with E-state index < -0.39 is 41.0 Å². The molecule has 0 aliphatic heterocycles. The van der Waals surface area contributed by atoms with Gasteiger partial charge in [0.25, 0.3) is 0 Å². The third-order valence-electron chi connectivity index (χ3n) is 6.82. The molecule has 3 aromatic carbocycles. The van der Waals surface area contributed by atoms with Gasteiger partial charge in [0, 0.05) is 17.4 Å². The van der Waals surface area contributed by atoms with Crippen molar-refractivity contribution in [3.63, 3.8) is 0 Å². The Kier molecular flexibility index (Phi) is 8.04. The third kappa shape index (κ3) is 5.51. The van der Waals surface area contributed by atoms with E-state index in [0.717, 1.165) is 0 Å². The lowest BCUT2D eigenvalue weighted by Gasteiger charge is -2.44. The van der Waals surface area contributed by atoms with Crippen LogP contribution < -0.4 is 20.1 Å². The SMILES string of the molecule is COc1ccccc1NC(=O)[C@H]1C(=O)C[C@](C)(O)[C@@H](C(=O)Nc2ccccc2OC)[C@H]1c1ccc(Cl)cc1. The highest BCUT2D eigenvalue weighted by Gasteiger charge is 2.56. The van der Waals surface area contributed by atoms with Crippen LogP contribution >= 0.6 is 11.6 Å². The molecule has 2 amide bonds. The van der Waals surface area contributed by atoms with E-state index in [1.54, 1.807) is 72.8 Å².